The first-order chi connectivity index (χ1) is 18.5. The zero-order chi connectivity index (χ0) is 26.7. The average Bonchev–Trinajstić information content (AvgIpc) is 3.45. The van der Waals surface area contributed by atoms with E-state index in [4.69, 9.17) is 4.74 Å². The molecule has 0 fully saturated rings. The van der Waals surface area contributed by atoms with Crippen LogP contribution in [-0.4, -0.2) is 35.6 Å². The van der Waals surface area contributed by atoms with Crippen molar-refractivity contribution in [2.24, 2.45) is 0 Å². The molecule has 3 aromatic carbocycles. The van der Waals surface area contributed by atoms with E-state index in [1.165, 1.54) is 23.1 Å². The summed E-state index contributed by atoms with van der Waals surface area (Å²) < 4.78 is 5.27. The molecule has 0 aliphatic heterocycles. The predicted molar refractivity (Wildman–Crippen MR) is 151 cm³/mol. The van der Waals surface area contributed by atoms with Gasteiger partial charge in [0.1, 0.15) is 11.4 Å². The van der Waals surface area contributed by atoms with Crippen molar-refractivity contribution in [1.29, 1.82) is 0 Å². The highest BCUT2D eigenvalue weighted by Gasteiger charge is 2.16. The van der Waals surface area contributed by atoms with Crippen LogP contribution in [0.4, 0.5) is 10.8 Å². The second-order valence-electron chi connectivity index (χ2n) is 7.81. The van der Waals surface area contributed by atoms with Gasteiger partial charge in [-0.15, -0.1) is 23.1 Å². The van der Waals surface area contributed by atoms with Gasteiger partial charge in [0.05, 0.1) is 12.9 Å². The minimum absolute atomic E-state index is 0.0630. The zero-order valence-corrected chi connectivity index (χ0v) is 22.0. The van der Waals surface area contributed by atoms with Crippen LogP contribution < -0.4 is 20.7 Å². The number of nitrogens with one attached hydrogen (secondary N) is 3. The summed E-state index contributed by atoms with van der Waals surface area (Å²) in [6.07, 6.45) is 3.21. The van der Waals surface area contributed by atoms with Crippen molar-refractivity contribution in [3.63, 3.8) is 0 Å². The van der Waals surface area contributed by atoms with E-state index in [1.807, 2.05) is 12.1 Å². The molecule has 4 rings (SSSR count). The van der Waals surface area contributed by atoms with E-state index in [0.29, 0.717) is 27.7 Å². The van der Waals surface area contributed by atoms with Crippen molar-refractivity contribution < 1.29 is 19.1 Å². The van der Waals surface area contributed by atoms with E-state index in [2.05, 4.69) is 20.9 Å². The Morgan fingerprint density at radius 3 is 2.55 bits per heavy atom. The molecule has 0 bridgehead atoms. The second kappa shape index (κ2) is 13.2. The van der Waals surface area contributed by atoms with E-state index in [9.17, 15) is 14.4 Å². The highest BCUT2D eigenvalue weighted by molar-refractivity contribution is 8.00. The smallest absolute Gasteiger partial charge is 0.272 e. The van der Waals surface area contributed by atoms with E-state index in [0.717, 1.165) is 4.90 Å². The normalized spacial score (nSPS) is 10.9. The molecule has 0 aliphatic rings. The predicted octanol–water partition coefficient (Wildman–Crippen LogP) is 5.29. The number of hydrogen-bond donors (Lipinski definition) is 3. The molecule has 0 unspecified atom stereocenters. The standard InChI is InChI=1S/C28H24N4O4S2/c1-36-22-11-5-7-19(15-22)16-24(31-26(34)20-8-3-2-4-9-20)27(35)30-21-10-6-12-23(17-21)38-18-25(33)32-28-29-13-14-37-28/h2-17H,18H2,1H3,(H,30,35)(H,31,34)(H,29,32,33)/b24-16-. The average molecular weight is 545 g/mol. The van der Waals surface area contributed by atoms with Crippen molar-refractivity contribution in [3.05, 3.63) is 107 Å². The van der Waals surface area contributed by atoms with Gasteiger partial charge in [-0.3, -0.25) is 14.4 Å². The molecular weight excluding hydrogens is 520 g/mol. The molecule has 0 saturated heterocycles. The molecule has 1 aromatic heterocycles. The van der Waals surface area contributed by atoms with Crippen molar-refractivity contribution >= 4 is 57.7 Å². The van der Waals surface area contributed by atoms with Crippen LogP contribution in [-0.2, 0) is 9.59 Å². The largest absolute Gasteiger partial charge is 0.497 e. The third-order valence-corrected chi connectivity index (χ3v) is 6.76. The van der Waals surface area contributed by atoms with Crippen LogP contribution >= 0.6 is 23.1 Å². The number of amides is 3. The van der Waals surface area contributed by atoms with Crippen LogP contribution in [0.2, 0.25) is 0 Å². The van der Waals surface area contributed by atoms with Gasteiger partial charge >= 0.3 is 0 Å². The van der Waals surface area contributed by atoms with E-state index >= 15 is 0 Å². The lowest BCUT2D eigenvalue weighted by Gasteiger charge is -2.12. The molecule has 8 nitrogen and oxygen atoms in total. The number of methoxy groups -OCH3 is 1. The zero-order valence-electron chi connectivity index (χ0n) is 20.3. The second-order valence-corrected chi connectivity index (χ2v) is 9.75. The number of hydrogen-bond acceptors (Lipinski definition) is 7. The van der Waals surface area contributed by atoms with E-state index < -0.39 is 11.8 Å². The summed E-state index contributed by atoms with van der Waals surface area (Å²) in [5, 5.41) is 10.6. The van der Waals surface area contributed by atoms with Crippen molar-refractivity contribution in [2.75, 3.05) is 23.5 Å². The fraction of sp³-hybridized carbons (Fsp3) is 0.0714. The van der Waals surface area contributed by atoms with Gasteiger partial charge in [0.15, 0.2) is 5.13 Å². The fourth-order valence-corrected chi connectivity index (χ4v) is 4.59. The van der Waals surface area contributed by atoms with Gasteiger partial charge in [0.25, 0.3) is 11.8 Å². The molecule has 38 heavy (non-hydrogen) atoms. The maximum atomic E-state index is 13.3. The Labute approximate surface area is 228 Å². The molecule has 0 aliphatic carbocycles. The number of benzene rings is 3. The first kappa shape index (κ1) is 26.6. The Balaban J connectivity index is 1.48. The Bertz CT molecular complexity index is 1440. The first-order valence-corrected chi connectivity index (χ1v) is 13.3. The van der Waals surface area contributed by atoms with Crippen LogP contribution in [0.5, 0.6) is 5.75 Å². The number of thiazole rings is 1. The number of nitrogens with zero attached hydrogens (tertiary/aromatic N) is 1. The minimum atomic E-state index is -0.499. The van der Waals surface area contributed by atoms with Crippen LogP contribution in [0.15, 0.2) is 101 Å². The lowest BCUT2D eigenvalue weighted by Crippen LogP contribution is -2.30. The van der Waals surface area contributed by atoms with Crippen LogP contribution in [0, 0.1) is 0 Å². The van der Waals surface area contributed by atoms with Gasteiger partial charge in [-0.25, -0.2) is 4.98 Å². The number of thioether (sulfide) groups is 1. The topological polar surface area (TPSA) is 109 Å². The summed E-state index contributed by atoms with van der Waals surface area (Å²) in [6.45, 7) is 0. The fourth-order valence-electron chi connectivity index (χ4n) is 3.29. The number of carbonyl (C=O) groups is 3. The molecule has 0 spiro atoms. The van der Waals surface area contributed by atoms with Gasteiger partial charge in [-0.05, 0) is 54.1 Å². The summed E-state index contributed by atoms with van der Waals surface area (Å²) in [4.78, 5) is 43.2. The molecule has 0 radical (unpaired) electrons. The highest BCUT2D eigenvalue weighted by Crippen LogP contribution is 2.23. The first-order valence-electron chi connectivity index (χ1n) is 11.5. The molecular formula is C28H24N4O4S2. The quantitative estimate of drug-likeness (QED) is 0.185. The summed E-state index contributed by atoms with van der Waals surface area (Å²) in [6, 6.07) is 22.9. The molecule has 0 saturated carbocycles. The van der Waals surface area contributed by atoms with Crippen LogP contribution in [0.3, 0.4) is 0 Å². The lowest BCUT2D eigenvalue weighted by molar-refractivity contribution is -0.114. The minimum Gasteiger partial charge on any atom is -0.497 e. The van der Waals surface area contributed by atoms with Gasteiger partial charge in [-0.2, -0.15) is 0 Å². The van der Waals surface area contributed by atoms with Gasteiger partial charge in [0, 0.05) is 27.7 Å². The highest BCUT2D eigenvalue weighted by atomic mass is 32.2. The van der Waals surface area contributed by atoms with Crippen molar-refractivity contribution in [2.45, 2.75) is 4.90 Å². The number of aromatic nitrogens is 1. The van der Waals surface area contributed by atoms with Gasteiger partial charge in [0.2, 0.25) is 5.91 Å². The molecule has 0 atom stereocenters. The maximum absolute atomic E-state index is 13.3. The lowest BCUT2D eigenvalue weighted by atomic mass is 10.1. The van der Waals surface area contributed by atoms with Crippen LogP contribution in [0.1, 0.15) is 15.9 Å². The number of rotatable bonds is 10. The van der Waals surface area contributed by atoms with E-state index in [1.54, 1.807) is 91.5 Å². The van der Waals surface area contributed by atoms with Gasteiger partial charge in [-0.1, -0.05) is 36.4 Å². The number of anilines is 2. The number of ether oxygens (including phenoxy) is 1. The Kier molecular flexibility index (Phi) is 9.27. The third-order valence-electron chi connectivity index (χ3n) is 5.07. The number of carbonyl (C=O) groups excluding carboxylic acids is 3. The molecule has 1 heterocycles. The monoisotopic (exact) mass is 544 g/mol. The van der Waals surface area contributed by atoms with E-state index in [-0.39, 0.29) is 17.4 Å². The Morgan fingerprint density at radius 1 is 0.974 bits per heavy atom. The Hall–Kier alpha value is -4.41. The third kappa shape index (κ3) is 7.79. The van der Waals surface area contributed by atoms with Crippen molar-refractivity contribution in [3.8, 4) is 5.75 Å². The molecule has 192 valence electrons. The molecule has 4 aromatic rings. The summed E-state index contributed by atoms with van der Waals surface area (Å²) in [7, 11) is 1.56. The summed E-state index contributed by atoms with van der Waals surface area (Å²) in [5.41, 5.74) is 1.68. The molecule has 3 amide bonds. The Morgan fingerprint density at radius 2 is 1.79 bits per heavy atom. The van der Waals surface area contributed by atoms with Crippen LogP contribution in [0.25, 0.3) is 6.08 Å². The van der Waals surface area contributed by atoms with Gasteiger partial charge < -0.3 is 20.7 Å². The van der Waals surface area contributed by atoms with Crippen molar-refractivity contribution in [1.82, 2.24) is 10.3 Å². The SMILES string of the molecule is COc1cccc(/C=C(\NC(=O)c2ccccc2)C(=O)Nc2cccc(SCC(=O)Nc3nccs3)c2)c1. The summed E-state index contributed by atoms with van der Waals surface area (Å²) in [5.74, 6) is -0.278. The molecule has 10 heteroatoms. The maximum Gasteiger partial charge on any atom is 0.272 e. The molecule has 3 N–H and O–H groups in total. The summed E-state index contributed by atoms with van der Waals surface area (Å²) >= 11 is 2.68.